The number of amides is 1. The predicted molar refractivity (Wildman–Crippen MR) is 153 cm³/mol. The fourth-order valence-electron chi connectivity index (χ4n) is 3.49. The predicted octanol–water partition coefficient (Wildman–Crippen LogP) is 5.63. The number of hydrogen-bond acceptors (Lipinski definition) is 7. The van der Waals surface area contributed by atoms with E-state index in [4.69, 9.17) is 9.47 Å². The first kappa shape index (κ1) is 33.8. The van der Waals surface area contributed by atoms with E-state index in [-0.39, 0.29) is 55.4 Å². The van der Waals surface area contributed by atoms with Crippen molar-refractivity contribution in [1.82, 2.24) is 10.3 Å². The van der Waals surface area contributed by atoms with Gasteiger partial charge in [-0.2, -0.15) is 0 Å². The van der Waals surface area contributed by atoms with Crippen LogP contribution in [0, 0.1) is 0 Å². The van der Waals surface area contributed by atoms with Crippen LogP contribution in [0.25, 0.3) is 11.1 Å². The summed E-state index contributed by atoms with van der Waals surface area (Å²) in [5.74, 6) is -0.0989. The molecule has 0 saturated carbocycles. The molecule has 1 heterocycles. The van der Waals surface area contributed by atoms with Crippen LogP contribution in [0.4, 0.5) is 0 Å². The lowest BCUT2D eigenvalue weighted by Crippen LogP contribution is -2.42. The van der Waals surface area contributed by atoms with Crippen LogP contribution < -0.4 is 5.32 Å². The molecule has 214 valence electrons. The summed E-state index contributed by atoms with van der Waals surface area (Å²) >= 11 is 0. The molecule has 1 unspecified atom stereocenters. The SMILES string of the molecule is CC.CCCCC(=O)CCOCC(COCCC(=O)CC)NC(=O)c1ccc(-c2ccc(C(C)=O)cc2)cn1. The van der Waals surface area contributed by atoms with Gasteiger partial charge in [0.05, 0.1) is 32.5 Å². The number of nitrogens with zero attached hydrogens (tertiary/aromatic N) is 1. The zero-order valence-electron chi connectivity index (χ0n) is 24.1. The number of pyridine rings is 1. The third kappa shape index (κ3) is 13.4. The third-order valence-corrected chi connectivity index (χ3v) is 5.85. The second kappa shape index (κ2) is 19.8. The van der Waals surface area contributed by atoms with E-state index in [2.05, 4.69) is 10.3 Å². The molecule has 1 amide bonds. The molecule has 0 fully saturated rings. The van der Waals surface area contributed by atoms with Crippen LogP contribution in [0.2, 0.25) is 0 Å². The number of unbranched alkanes of at least 4 members (excludes halogenated alkanes) is 1. The molecule has 0 aliphatic rings. The van der Waals surface area contributed by atoms with Crippen molar-refractivity contribution in [3.63, 3.8) is 0 Å². The van der Waals surface area contributed by atoms with Crippen LogP contribution in [0.15, 0.2) is 42.6 Å². The minimum absolute atomic E-state index is 0.000683. The third-order valence-electron chi connectivity index (χ3n) is 5.85. The van der Waals surface area contributed by atoms with Crippen LogP contribution in [-0.4, -0.2) is 60.7 Å². The summed E-state index contributed by atoms with van der Waals surface area (Å²) < 4.78 is 11.3. The van der Waals surface area contributed by atoms with Crippen molar-refractivity contribution in [2.75, 3.05) is 26.4 Å². The van der Waals surface area contributed by atoms with Gasteiger partial charge in [0.25, 0.3) is 5.91 Å². The molecule has 39 heavy (non-hydrogen) atoms. The Morgan fingerprint density at radius 2 is 1.41 bits per heavy atom. The molecule has 0 saturated heterocycles. The Morgan fingerprint density at radius 1 is 0.821 bits per heavy atom. The average Bonchev–Trinajstić information content (AvgIpc) is 2.97. The fourth-order valence-corrected chi connectivity index (χ4v) is 3.49. The number of ketones is 3. The lowest BCUT2D eigenvalue weighted by molar-refractivity contribution is -0.120. The second-order valence-electron chi connectivity index (χ2n) is 8.92. The molecule has 0 radical (unpaired) electrons. The van der Waals surface area contributed by atoms with E-state index in [0.29, 0.717) is 31.2 Å². The highest BCUT2D eigenvalue weighted by Crippen LogP contribution is 2.19. The quantitative estimate of drug-likeness (QED) is 0.193. The van der Waals surface area contributed by atoms with Crippen molar-refractivity contribution < 1.29 is 28.7 Å². The Balaban J connectivity index is 0.00000371. The molecule has 0 aliphatic carbocycles. The zero-order valence-corrected chi connectivity index (χ0v) is 24.1. The molecule has 8 nitrogen and oxygen atoms in total. The van der Waals surface area contributed by atoms with E-state index in [1.54, 1.807) is 37.4 Å². The molecule has 0 aliphatic heterocycles. The minimum Gasteiger partial charge on any atom is -0.379 e. The zero-order chi connectivity index (χ0) is 29.0. The van der Waals surface area contributed by atoms with Gasteiger partial charge in [-0.3, -0.25) is 24.2 Å². The summed E-state index contributed by atoms with van der Waals surface area (Å²) in [6.07, 6.45) is 5.12. The van der Waals surface area contributed by atoms with Crippen molar-refractivity contribution >= 4 is 23.3 Å². The second-order valence-corrected chi connectivity index (χ2v) is 8.92. The average molecular weight is 541 g/mol. The lowest BCUT2D eigenvalue weighted by Gasteiger charge is -2.19. The standard InChI is InChI=1S/C29H38N2O6.C2H6/c1-4-6-7-27(34)15-17-37-20-25(19-36-16-14-26(33)5-2)31-29(35)28-13-12-24(18-30-28)23-10-8-22(9-11-23)21(3)32;1-2/h8-13,18,25H,4-7,14-17,19-20H2,1-3H3,(H,31,35);1-2H3. The number of ether oxygens (including phenoxy) is 2. The first-order valence-electron chi connectivity index (χ1n) is 13.9. The highest BCUT2D eigenvalue weighted by atomic mass is 16.5. The molecule has 1 aromatic carbocycles. The van der Waals surface area contributed by atoms with Gasteiger partial charge in [0, 0.05) is 43.0 Å². The van der Waals surface area contributed by atoms with Crippen LogP contribution in [0.5, 0.6) is 0 Å². The summed E-state index contributed by atoms with van der Waals surface area (Å²) in [5, 5.41) is 2.88. The smallest absolute Gasteiger partial charge is 0.270 e. The Hall–Kier alpha value is -3.23. The molecule has 0 bridgehead atoms. The van der Waals surface area contributed by atoms with E-state index in [0.717, 1.165) is 24.0 Å². The van der Waals surface area contributed by atoms with Gasteiger partial charge in [0.15, 0.2) is 5.78 Å². The number of carbonyl (C=O) groups excluding carboxylic acids is 4. The van der Waals surface area contributed by atoms with Crippen LogP contribution in [-0.2, 0) is 19.1 Å². The largest absolute Gasteiger partial charge is 0.379 e. The Kier molecular flexibility index (Phi) is 17.1. The van der Waals surface area contributed by atoms with Gasteiger partial charge < -0.3 is 14.8 Å². The van der Waals surface area contributed by atoms with Crippen LogP contribution in [0.3, 0.4) is 0 Å². The minimum atomic E-state index is -0.462. The van der Waals surface area contributed by atoms with Gasteiger partial charge in [-0.1, -0.05) is 64.4 Å². The van der Waals surface area contributed by atoms with Gasteiger partial charge in [0.1, 0.15) is 17.3 Å². The van der Waals surface area contributed by atoms with Gasteiger partial charge in [0.2, 0.25) is 0 Å². The maximum Gasteiger partial charge on any atom is 0.270 e. The summed E-state index contributed by atoms with van der Waals surface area (Å²) in [6, 6.07) is 10.2. The monoisotopic (exact) mass is 540 g/mol. The maximum atomic E-state index is 12.8. The summed E-state index contributed by atoms with van der Waals surface area (Å²) in [7, 11) is 0. The topological polar surface area (TPSA) is 112 Å². The molecule has 1 N–H and O–H groups in total. The number of aromatic nitrogens is 1. The van der Waals surface area contributed by atoms with Crippen molar-refractivity contribution in [1.29, 1.82) is 0 Å². The van der Waals surface area contributed by atoms with Gasteiger partial charge in [-0.25, -0.2) is 0 Å². The van der Waals surface area contributed by atoms with Crippen molar-refractivity contribution in [2.24, 2.45) is 0 Å². The highest BCUT2D eigenvalue weighted by molar-refractivity contribution is 5.94. The number of benzene rings is 1. The summed E-state index contributed by atoms with van der Waals surface area (Å²) in [6.45, 7) is 10.3. The number of carbonyl (C=O) groups is 4. The number of hydrogen-bond donors (Lipinski definition) is 1. The number of nitrogens with one attached hydrogen (secondary N) is 1. The summed E-state index contributed by atoms with van der Waals surface area (Å²) in [5.41, 5.74) is 2.58. The maximum absolute atomic E-state index is 12.8. The lowest BCUT2D eigenvalue weighted by atomic mass is 10.0. The molecule has 1 aromatic heterocycles. The first-order chi connectivity index (χ1) is 18.8. The molecular formula is C31H44N2O6. The molecule has 2 rings (SSSR count). The van der Waals surface area contributed by atoms with Gasteiger partial charge >= 0.3 is 0 Å². The number of rotatable bonds is 18. The molecule has 2 aromatic rings. The number of Topliss-reactive ketones (excluding diaryl/α,β-unsaturated/α-hetero) is 3. The van der Waals surface area contributed by atoms with Crippen LogP contribution in [0.1, 0.15) is 94.0 Å². The first-order valence-corrected chi connectivity index (χ1v) is 13.9. The molecule has 8 heteroatoms. The Labute approximate surface area is 232 Å². The van der Waals surface area contributed by atoms with E-state index in [1.807, 2.05) is 32.9 Å². The van der Waals surface area contributed by atoms with E-state index >= 15 is 0 Å². The van der Waals surface area contributed by atoms with Gasteiger partial charge in [-0.05, 0) is 25.0 Å². The summed E-state index contributed by atoms with van der Waals surface area (Å²) in [4.78, 5) is 52.0. The normalized spacial score (nSPS) is 11.2. The molecule has 0 spiro atoms. The molecule has 1 atom stereocenters. The molecular weight excluding hydrogens is 496 g/mol. The van der Waals surface area contributed by atoms with Crippen molar-refractivity contribution in [2.45, 2.75) is 79.2 Å². The van der Waals surface area contributed by atoms with Gasteiger partial charge in [-0.15, -0.1) is 0 Å². The van der Waals surface area contributed by atoms with Crippen molar-refractivity contribution in [3.05, 3.63) is 53.9 Å². The van der Waals surface area contributed by atoms with E-state index in [9.17, 15) is 19.2 Å². The van der Waals surface area contributed by atoms with Crippen molar-refractivity contribution in [3.8, 4) is 11.1 Å². The highest BCUT2D eigenvalue weighted by Gasteiger charge is 2.16. The van der Waals surface area contributed by atoms with Crippen LogP contribution >= 0.6 is 0 Å². The Bertz CT molecular complexity index is 1020. The Morgan fingerprint density at radius 3 is 1.92 bits per heavy atom. The fraction of sp³-hybridized carbons (Fsp3) is 0.516. The van der Waals surface area contributed by atoms with E-state index in [1.165, 1.54) is 6.92 Å². The van der Waals surface area contributed by atoms with E-state index < -0.39 is 6.04 Å².